The smallest absolute Gasteiger partial charge is 0.420 e. The molecule has 1 aliphatic carbocycles. The minimum Gasteiger partial charge on any atom is -0.478 e. The van der Waals surface area contributed by atoms with Crippen LogP contribution >= 0.6 is 11.6 Å². The van der Waals surface area contributed by atoms with Gasteiger partial charge in [0, 0.05) is 19.7 Å². The van der Waals surface area contributed by atoms with Gasteiger partial charge in [0.25, 0.3) is 0 Å². The molecular formula is C16H13ClF3N3O3. The highest BCUT2D eigenvalue weighted by Crippen LogP contribution is 2.37. The summed E-state index contributed by atoms with van der Waals surface area (Å²) in [6.07, 6.45) is -0.858. The quantitative estimate of drug-likeness (QED) is 0.798. The molecule has 10 heteroatoms. The normalized spacial score (nSPS) is 15.8. The molecule has 2 heterocycles. The largest absolute Gasteiger partial charge is 0.478 e. The van der Waals surface area contributed by atoms with Gasteiger partial charge in [0.1, 0.15) is 23.2 Å². The van der Waals surface area contributed by atoms with Gasteiger partial charge in [-0.25, -0.2) is 9.78 Å². The Labute approximate surface area is 150 Å². The van der Waals surface area contributed by atoms with Crippen LogP contribution in [0.3, 0.4) is 0 Å². The van der Waals surface area contributed by atoms with Gasteiger partial charge >= 0.3 is 12.1 Å². The molecule has 0 spiro atoms. The summed E-state index contributed by atoms with van der Waals surface area (Å²) in [6.45, 7) is 0. The van der Waals surface area contributed by atoms with Crippen LogP contribution in [0.1, 0.15) is 40.1 Å². The van der Waals surface area contributed by atoms with Crippen molar-refractivity contribution in [3.05, 3.63) is 46.0 Å². The van der Waals surface area contributed by atoms with Crippen molar-refractivity contribution in [1.29, 1.82) is 0 Å². The maximum atomic E-state index is 13.3. The monoisotopic (exact) mass is 387 g/mol. The van der Waals surface area contributed by atoms with Gasteiger partial charge in [0.15, 0.2) is 5.82 Å². The zero-order chi connectivity index (χ0) is 19.1. The van der Waals surface area contributed by atoms with Crippen LogP contribution in [0, 0.1) is 0 Å². The number of hydrazone groups is 1. The fourth-order valence-electron chi connectivity index (χ4n) is 2.82. The molecule has 0 aliphatic heterocycles. The molecule has 0 bridgehead atoms. The summed E-state index contributed by atoms with van der Waals surface area (Å²) in [5.41, 5.74) is -0.437. The van der Waals surface area contributed by atoms with Crippen molar-refractivity contribution < 1.29 is 27.5 Å². The summed E-state index contributed by atoms with van der Waals surface area (Å²) in [4.78, 5) is 15.1. The predicted molar refractivity (Wildman–Crippen MR) is 87.8 cm³/mol. The first-order valence-electron chi connectivity index (χ1n) is 7.56. The van der Waals surface area contributed by atoms with E-state index in [2.05, 4.69) is 10.1 Å². The fourth-order valence-corrected chi connectivity index (χ4v) is 2.98. The highest BCUT2D eigenvalue weighted by Gasteiger charge is 2.36. The molecule has 0 unspecified atom stereocenters. The third kappa shape index (κ3) is 3.39. The van der Waals surface area contributed by atoms with Crippen molar-refractivity contribution >= 4 is 29.1 Å². The number of furan rings is 1. The first kappa shape index (κ1) is 18.2. The van der Waals surface area contributed by atoms with E-state index in [1.807, 2.05) is 0 Å². The Bertz CT molecular complexity index is 893. The zero-order valence-corrected chi connectivity index (χ0v) is 14.2. The molecule has 0 saturated heterocycles. The van der Waals surface area contributed by atoms with Crippen molar-refractivity contribution in [3.63, 3.8) is 0 Å². The Hall–Kier alpha value is -2.55. The third-order valence-corrected chi connectivity index (χ3v) is 4.13. The second-order valence-corrected chi connectivity index (χ2v) is 6.14. The number of anilines is 1. The Morgan fingerprint density at radius 3 is 2.81 bits per heavy atom. The van der Waals surface area contributed by atoms with Crippen molar-refractivity contribution in [2.45, 2.75) is 25.4 Å². The van der Waals surface area contributed by atoms with Crippen LogP contribution in [-0.4, -0.2) is 28.8 Å². The van der Waals surface area contributed by atoms with Crippen LogP contribution in [0.25, 0.3) is 0 Å². The van der Waals surface area contributed by atoms with Gasteiger partial charge in [0.05, 0.1) is 16.3 Å². The molecule has 1 N–H and O–H groups in total. The Kier molecular flexibility index (Phi) is 4.66. The van der Waals surface area contributed by atoms with Crippen LogP contribution in [0.2, 0.25) is 5.02 Å². The van der Waals surface area contributed by atoms with Crippen LogP contribution < -0.4 is 5.01 Å². The number of rotatable bonds is 3. The van der Waals surface area contributed by atoms with E-state index >= 15 is 0 Å². The van der Waals surface area contributed by atoms with Crippen LogP contribution in [-0.2, 0) is 12.6 Å². The number of hydrogen-bond acceptors (Lipinski definition) is 5. The summed E-state index contributed by atoms with van der Waals surface area (Å²) >= 11 is 5.63. The summed E-state index contributed by atoms with van der Waals surface area (Å²) in [7, 11) is 1.31. The number of nitrogens with zero attached hydrogens (tertiary/aromatic N) is 3. The standard InChI is InChI=1S/C16H13ClF3N3O3/c1-23(14-10(16(18,19)20)5-8(17)6-21-14)22-11-3-2-4-12-13(11)9(7-26-12)15(24)25/h5-7H,2-4H2,1H3,(H,24,25)/b22-11-. The molecule has 1 aliphatic rings. The lowest BCUT2D eigenvalue weighted by molar-refractivity contribution is -0.137. The number of carboxylic acid groups (broad SMARTS) is 1. The molecular weight excluding hydrogens is 375 g/mol. The average molecular weight is 388 g/mol. The number of halogens is 4. The summed E-state index contributed by atoms with van der Waals surface area (Å²) in [5.74, 6) is -1.16. The second kappa shape index (κ2) is 6.64. The van der Waals surface area contributed by atoms with E-state index < -0.39 is 23.5 Å². The van der Waals surface area contributed by atoms with Gasteiger partial charge in [-0.3, -0.25) is 5.01 Å². The van der Waals surface area contributed by atoms with E-state index in [1.54, 1.807) is 0 Å². The van der Waals surface area contributed by atoms with E-state index in [4.69, 9.17) is 16.0 Å². The molecule has 0 aromatic carbocycles. The summed E-state index contributed by atoms with van der Waals surface area (Å²) in [6, 6.07) is 0.771. The van der Waals surface area contributed by atoms with Gasteiger partial charge in [-0.15, -0.1) is 0 Å². The van der Waals surface area contributed by atoms with Crippen molar-refractivity contribution in [2.24, 2.45) is 5.10 Å². The number of carbonyl (C=O) groups is 1. The number of alkyl halides is 3. The van der Waals surface area contributed by atoms with E-state index in [0.717, 1.165) is 23.5 Å². The van der Waals surface area contributed by atoms with Crippen molar-refractivity contribution in [2.75, 3.05) is 12.1 Å². The number of aromatic nitrogens is 1. The number of hydrogen-bond donors (Lipinski definition) is 1. The van der Waals surface area contributed by atoms with Gasteiger partial charge in [0.2, 0.25) is 0 Å². The maximum absolute atomic E-state index is 13.3. The van der Waals surface area contributed by atoms with E-state index in [0.29, 0.717) is 36.3 Å². The minimum absolute atomic E-state index is 0.0630. The Morgan fingerprint density at radius 1 is 1.42 bits per heavy atom. The second-order valence-electron chi connectivity index (χ2n) is 5.70. The van der Waals surface area contributed by atoms with Crippen molar-refractivity contribution in [1.82, 2.24) is 4.98 Å². The molecule has 138 valence electrons. The Balaban J connectivity index is 2.06. The van der Waals surface area contributed by atoms with Crippen LogP contribution in [0.5, 0.6) is 0 Å². The molecule has 2 aromatic heterocycles. The third-order valence-electron chi connectivity index (χ3n) is 3.92. The number of fused-ring (bicyclic) bond motifs is 1. The fraction of sp³-hybridized carbons (Fsp3) is 0.312. The SMILES string of the molecule is CN(/N=C1/CCCc2occ(C(=O)O)c21)c1ncc(Cl)cc1C(F)(F)F. The molecule has 0 saturated carbocycles. The Morgan fingerprint density at radius 2 is 2.15 bits per heavy atom. The predicted octanol–water partition coefficient (Wildman–Crippen LogP) is 4.22. The minimum atomic E-state index is -4.67. The number of pyridine rings is 1. The molecule has 3 rings (SSSR count). The first-order valence-corrected chi connectivity index (χ1v) is 7.94. The lowest BCUT2D eigenvalue weighted by Gasteiger charge is -2.21. The lowest BCUT2D eigenvalue weighted by atomic mass is 9.93. The van der Waals surface area contributed by atoms with E-state index in [1.165, 1.54) is 7.05 Å². The summed E-state index contributed by atoms with van der Waals surface area (Å²) < 4.78 is 45.0. The first-order chi connectivity index (χ1) is 12.2. The molecule has 6 nitrogen and oxygen atoms in total. The molecule has 0 radical (unpaired) electrons. The molecule has 0 fully saturated rings. The van der Waals surface area contributed by atoms with Crippen molar-refractivity contribution in [3.8, 4) is 0 Å². The molecule has 0 atom stereocenters. The van der Waals surface area contributed by atoms with Gasteiger partial charge in [-0.1, -0.05) is 11.6 Å². The molecule has 0 amide bonds. The number of aryl methyl sites for hydroxylation is 1. The van der Waals surface area contributed by atoms with Gasteiger partial charge in [-0.05, 0) is 18.9 Å². The van der Waals surface area contributed by atoms with Gasteiger partial charge in [-0.2, -0.15) is 18.3 Å². The zero-order valence-electron chi connectivity index (χ0n) is 13.5. The number of aromatic carboxylic acids is 1. The molecule has 26 heavy (non-hydrogen) atoms. The maximum Gasteiger partial charge on any atom is 0.420 e. The molecule has 2 aromatic rings. The van der Waals surface area contributed by atoms with Crippen LogP contribution in [0.4, 0.5) is 19.0 Å². The lowest BCUT2D eigenvalue weighted by Crippen LogP contribution is -2.22. The summed E-state index contributed by atoms with van der Waals surface area (Å²) in [5, 5.41) is 14.3. The highest BCUT2D eigenvalue weighted by molar-refractivity contribution is 6.30. The van der Waals surface area contributed by atoms with E-state index in [-0.39, 0.29) is 10.6 Å². The van der Waals surface area contributed by atoms with E-state index in [9.17, 15) is 23.1 Å². The van der Waals surface area contributed by atoms with Crippen LogP contribution in [0.15, 0.2) is 28.0 Å². The van der Waals surface area contributed by atoms with Gasteiger partial charge < -0.3 is 9.52 Å². The average Bonchev–Trinajstić information content (AvgIpc) is 2.99. The topological polar surface area (TPSA) is 78.9 Å². The number of carboxylic acids is 1. The highest BCUT2D eigenvalue weighted by atomic mass is 35.5.